The quantitative estimate of drug-likeness (QED) is 0.895. The van der Waals surface area contributed by atoms with Crippen LogP contribution in [0.2, 0.25) is 0 Å². The van der Waals surface area contributed by atoms with Crippen molar-refractivity contribution in [1.29, 1.82) is 0 Å². The number of halogens is 1. The average molecular weight is 261 g/mol. The Morgan fingerprint density at radius 1 is 1.26 bits per heavy atom. The van der Waals surface area contributed by atoms with E-state index < -0.39 is 0 Å². The summed E-state index contributed by atoms with van der Waals surface area (Å²) in [5.41, 5.74) is 0.789. The smallest absolute Gasteiger partial charge is 0.134 e. The molecular weight excluding hydrogens is 241 g/mol. The van der Waals surface area contributed by atoms with Crippen LogP contribution < -0.4 is 5.32 Å². The molecule has 3 rings (SSSR count). The fourth-order valence-electron chi connectivity index (χ4n) is 3.20. The summed E-state index contributed by atoms with van der Waals surface area (Å²) in [6.45, 7) is 3.12. The zero-order valence-corrected chi connectivity index (χ0v) is 11.3. The molecule has 1 aliphatic rings. The van der Waals surface area contributed by atoms with Gasteiger partial charge >= 0.3 is 0 Å². The van der Waals surface area contributed by atoms with Gasteiger partial charge in [0.2, 0.25) is 0 Å². The predicted molar refractivity (Wildman–Crippen MR) is 74.8 cm³/mol. The van der Waals surface area contributed by atoms with E-state index in [0.717, 1.165) is 29.7 Å². The summed E-state index contributed by atoms with van der Waals surface area (Å²) in [5, 5.41) is 4.43. The predicted octanol–water partition coefficient (Wildman–Crippen LogP) is 4.21. The molecule has 0 bridgehead atoms. The van der Waals surface area contributed by atoms with Crippen LogP contribution in [0.3, 0.4) is 0 Å². The van der Waals surface area contributed by atoms with Gasteiger partial charge in [-0.2, -0.15) is 0 Å². The summed E-state index contributed by atoms with van der Waals surface area (Å²) in [6.07, 6.45) is 4.88. The summed E-state index contributed by atoms with van der Waals surface area (Å²) in [7, 11) is 0. The molecular formula is C16H20FNO. The van der Waals surface area contributed by atoms with E-state index in [4.69, 9.17) is 4.42 Å². The van der Waals surface area contributed by atoms with Crippen LogP contribution in [0.25, 0.3) is 11.0 Å². The van der Waals surface area contributed by atoms with Crippen LogP contribution in [0.5, 0.6) is 0 Å². The van der Waals surface area contributed by atoms with E-state index in [-0.39, 0.29) is 5.82 Å². The lowest BCUT2D eigenvalue weighted by Gasteiger charge is -2.30. The Labute approximate surface area is 113 Å². The Morgan fingerprint density at radius 2 is 2.11 bits per heavy atom. The molecule has 1 aromatic heterocycles. The van der Waals surface area contributed by atoms with Gasteiger partial charge in [-0.25, -0.2) is 4.39 Å². The molecule has 0 spiro atoms. The largest absolute Gasteiger partial charge is 0.461 e. The first-order valence-corrected chi connectivity index (χ1v) is 7.20. The maximum absolute atomic E-state index is 13.2. The lowest BCUT2D eigenvalue weighted by Crippen LogP contribution is -2.36. The highest BCUT2D eigenvalue weighted by Crippen LogP contribution is 2.36. The van der Waals surface area contributed by atoms with E-state index in [1.165, 1.54) is 25.3 Å². The second-order valence-corrected chi connectivity index (χ2v) is 5.39. The van der Waals surface area contributed by atoms with Crippen molar-refractivity contribution in [3.8, 4) is 0 Å². The van der Waals surface area contributed by atoms with E-state index in [1.54, 1.807) is 12.1 Å². The van der Waals surface area contributed by atoms with Crippen molar-refractivity contribution in [3.63, 3.8) is 0 Å². The number of hydrogen-bond donors (Lipinski definition) is 1. The summed E-state index contributed by atoms with van der Waals surface area (Å²) in [5.74, 6) is 1.22. The second kappa shape index (κ2) is 5.33. The summed E-state index contributed by atoms with van der Waals surface area (Å²) in [6, 6.07) is 7.23. The van der Waals surface area contributed by atoms with Crippen LogP contribution in [0.1, 0.15) is 44.3 Å². The first kappa shape index (κ1) is 12.7. The Balaban J connectivity index is 1.92. The summed E-state index contributed by atoms with van der Waals surface area (Å²) in [4.78, 5) is 0. The molecule has 2 unspecified atom stereocenters. The van der Waals surface area contributed by atoms with Crippen molar-refractivity contribution < 1.29 is 8.81 Å². The molecule has 0 amide bonds. The van der Waals surface area contributed by atoms with Crippen LogP contribution in [-0.2, 0) is 0 Å². The Hall–Kier alpha value is -1.35. The summed E-state index contributed by atoms with van der Waals surface area (Å²) < 4.78 is 19.2. The standard InChI is InChI=1S/C16H20FNO/c1-2-18-14-6-4-3-5-13(14)16-10-11-9-12(17)7-8-15(11)19-16/h7-10,13-14,18H,2-6H2,1H3. The number of likely N-dealkylation sites (N-methyl/N-ethyl adjacent to an activating group) is 1. The number of hydrogen-bond acceptors (Lipinski definition) is 2. The van der Waals surface area contributed by atoms with Gasteiger partial charge < -0.3 is 9.73 Å². The molecule has 3 heteroatoms. The Kier molecular flexibility index (Phi) is 3.56. The first-order valence-electron chi connectivity index (χ1n) is 7.20. The van der Waals surface area contributed by atoms with E-state index in [0.29, 0.717) is 12.0 Å². The minimum atomic E-state index is -0.202. The molecule has 2 aromatic rings. The normalized spacial score (nSPS) is 23.9. The van der Waals surface area contributed by atoms with E-state index in [1.807, 2.05) is 6.07 Å². The molecule has 2 atom stereocenters. The highest BCUT2D eigenvalue weighted by Gasteiger charge is 2.28. The zero-order chi connectivity index (χ0) is 13.2. The van der Waals surface area contributed by atoms with Crippen LogP contribution in [0.4, 0.5) is 4.39 Å². The molecule has 1 N–H and O–H groups in total. The zero-order valence-electron chi connectivity index (χ0n) is 11.3. The molecule has 0 aliphatic heterocycles. The van der Waals surface area contributed by atoms with Crippen LogP contribution >= 0.6 is 0 Å². The topological polar surface area (TPSA) is 25.2 Å². The van der Waals surface area contributed by atoms with Crippen molar-refractivity contribution in [2.75, 3.05) is 6.54 Å². The number of rotatable bonds is 3. The minimum Gasteiger partial charge on any atom is -0.461 e. The number of furan rings is 1. The molecule has 102 valence electrons. The molecule has 1 saturated carbocycles. The maximum atomic E-state index is 13.2. The lowest BCUT2D eigenvalue weighted by molar-refractivity contribution is 0.301. The van der Waals surface area contributed by atoms with Crippen LogP contribution in [0.15, 0.2) is 28.7 Å². The highest BCUT2D eigenvalue weighted by molar-refractivity contribution is 5.78. The SMILES string of the molecule is CCNC1CCCCC1c1cc2cc(F)ccc2o1. The number of fused-ring (bicyclic) bond motifs is 1. The van der Waals surface area contributed by atoms with Crippen LogP contribution in [0, 0.1) is 5.82 Å². The van der Waals surface area contributed by atoms with Gasteiger partial charge in [-0.1, -0.05) is 19.8 Å². The van der Waals surface area contributed by atoms with Gasteiger partial charge in [-0.15, -0.1) is 0 Å². The fraction of sp³-hybridized carbons (Fsp3) is 0.500. The molecule has 1 fully saturated rings. The third-order valence-corrected chi connectivity index (χ3v) is 4.10. The minimum absolute atomic E-state index is 0.202. The maximum Gasteiger partial charge on any atom is 0.134 e. The Bertz CT molecular complexity index is 561. The number of benzene rings is 1. The van der Waals surface area contributed by atoms with Crippen molar-refractivity contribution in [2.24, 2.45) is 0 Å². The van der Waals surface area contributed by atoms with Gasteiger partial charge in [0.1, 0.15) is 17.2 Å². The van der Waals surface area contributed by atoms with Crippen molar-refractivity contribution in [1.82, 2.24) is 5.32 Å². The van der Waals surface area contributed by atoms with Gasteiger partial charge in [0.25, 0.3) is 0 Å². The molecule has 0 radical (unpaired) electrons. The third kappa shape index (κ3) is 2.52. The molecule has 1 aliphatic carbocycles. The first-order chi connectivity index (χ1) is 9.28. The number of nitrogens with one attached hydrogen (secondary N) is 1. The molecule has 0 saturated heterocycles. The molecule has 19 heavy (non-hydrogen) atoms. The molecule has 2 nitrogen and oxygen atoms in total. The van der Waals surface area contributed by atoms with Crippen LogP contribution in [-0.4, -0.2) is 12.6 Å². The average Bonchev–Trinajstić information content (AvgIpc) is 2.82. The third-order valence-electron chi connectivity index (χ3n) is 4.10. The van der Waals surface area contributed by atoms with E-state index in [2.05, 4.69) is 12.2 Å². The monoisotopic (exact) mass is 261 g/mol. The van der Waals surface area contributed by atoms with E-state index >= 15 is 0 Å². The molecule has 1 aromatic carbocycles. The van der Waals surface area contributed by atoms with Gasteiger partial charge in [0.05, 0.1) is 0 Å². The fourth-order valence-corrected chi connectivity index (χ4v) is 3.20. The second-order valence-electron chi connectivity index (χ2n) is 5.39. The van der Waals surface area contributed by atoms with Crippen molar-refractivity contribution in [2.45, 2.75) is 44.6 Å². The van der Waals surface area contributed by atoms with Crippen molar-refractivity contribution in [3.05, 3.63) is 35.8 Å². The van der Waals surface area contributed by atoms with Gasteiger partial charge in [0, 0.05) is 17.3 Å². The van der Waals surface area contributed by atoms with E-state index in [9.17, 15) is 4.39 Å². The highest BCUT2D eigenvalue weighted by atomic mass is 19.1. The van der Waals surface area contributed by atoms with Gasteiger partial charge in [0.15, 0.2) is 0 Å². The van der Waals surface area contributed by atoms with Gasteiger partial charge in [-0.05, 0) is 43.7 Å². The molecule has 1 heterocycles. The van der Waals surface area contributed by atoms with Crippen molar-refractivity contribution >= 4 is 11.0 Å². The Morgan fingerprint density at radius 3 is 2.95 bits per heavy atom. The lowest BCUT2D eigenvalue weighted by atomic mass is 9.83. The summed E-state index contributed by atoms with van der Waals surface area (Å²) >= 11 is 0. The van der Waals surface area contributed by atoms with Gasteiger partial charge in [-0.3, -0.25) is 0 Å².